The molecule has 0 radical (unpaired) electrons. The van der Waals surface area contributed by atoms with E-state index in [-0.39, 0.29) is 24.4 Å². The Balaban J connectivity index is 2.21. The highest BCUT2D eigenvalue weighted by atomic mass is 16.4. The van der Waals surface area contributed by atoms with Crippen molar-refractivity contribution in [3.05, 3.63) is 0 Å². The lowest BCUT2D eigenvalue weighted by Crippen LogP contribution is -2.44. The average Bonchev–Trinajstić information content (AvgIpc) is 2.37. The minimum atomic E-state index is -0.810. The quantitative estimate of drug-likeness (QED) is 0.693. The van der Waals surface area contributed by atoms with Crippen molar-refractivity contribution < 1.29 is 14.7 Å². The Morgan fingerprint density at radius 3 is 2.42 bits per heavy atom. The smallest absolute Gasteiger partial charge is 0.315 e. The van der Waals surface area contributed by atoms with Crippen LogP contribution in [0.1, 0.15) is 52.4 Å². The van der Waals surface area contributed by atoms with Crippen LogP contribution in [0.15, 0.2) is 0 Å². The fraction of sp³-hybridized carbons (Fsp3) is 0.857. The van der Waals surface area contributed by atoms with Gasteiger partial charge in [-0.2, -0.15) is 0 Å². The number of urea groups is 1. The third-order valence-corrected chi connectivity index (χ3v) is 3.94. The van der Waals surface area contributed by atoms with Gasteiger partial charge in [0.1, 0.15) is 0 Å². The van der Waals surface area contributed by atoms with E-state index < -0.39 is 5.97 Å². The first kappa shape index (κ1) is 15.8. The normalized spacial score (nSPS) is 24.5. The van der Waals surface area contributed by atoms with Crippen LogP contribution in [-0.2, 0) is 4.79 Å². The summed E-state index contributed by atoms with van der Waals surface area (Å²) in [5.74, 6) is -0.0360. The van der Waals surface area contributed by atoms with Gasteiger partial charge in [-0.15, -0.1) is 0 Å². The number of nitrogens with one attached hydrogen (secondary N) is 2. The zero-order valence-corrected chi connectivity index (χ0v) is 11.9. The molecule has 2 amide bonds. The number of hydrogen-bond acceptors (Lipinski definition) is 2. The summed E-state index contributed by atoms with van der Waals surface area (Å²) < 4.78 is 0. The lowest BCUT2D eigenvalue weighted by Gasteiger charge is -2.27. The minimum absolute atomic E-state index is 0.00891. The van der Waals surface area contributed by atoms with Crippen molar-refractivity contribution in [2.24, 2.45) is 11.8 Å². The molecule has 1 unspecified atom stereocenters. The van der Waals surface area contributed by atoms with Gasteiger partial charge in [0.25, 0.3) is 0 Å². The minimum Gasteiger partial charge on any atom is -0.481 e. The number of rotatable bonds is 6. The van der Waals surface area contributed by atoms with E-state index in [2.05, 4.69) is 17.6 Å². The molecular weight excluding hydrogens is 244 g/mol. The van der Waals surface area contributed by atoms with Crippen molar-refractivity contribution in [1.29, 1.82) is 0 Å². The Hall–Kier alpha value is -1.26. The highest BCUT2D eigenvalue weighted by Gasteiger charge is 2.20. The average molecular weight is 270 g/mol. The molecule has 1 aliphatic carbocycles. The maximum absolute atomic E-state index is 11.7. The maximum atomic E-state index is 11.7. The van der Waals surface area contributed by atoms with Crippen molar-refractivity contribution >= 4 is 12.0 Å². The van der Waals surface area contributed by atoms with E-state index in [9.17, 15) is 9.59 Å². The molecule has 1 atom stereocenters. The lowest BCUT2D eigenvalue weighted by atomic mass is 9.87. The van der Waals surface area contributed by atoms with Crippen LogP contribution in [0.25, 0.3) is 0 Å². The van der Waals surface area contributed by atoms with Gasteiger partial charge in [0.05, 0.1) is 0 Å². The molecule has 0 spiro atoms. The number of aliphatic carboxylic acids is 1. The molecule has 0 aromatic rings. The second kappa shape index (κ2) is 8.02. The molecule has 3 N–H and O–H groups in total. The fourth-order valence-corrected chi connectivity index (χ4v) is 2.49. The summed E-state index contributed by atoms with van der Waals surface area (Å²) in [5, 5.41) is 14.5. The topological polar surface area (TPSA) is 78.4 Å². The number of carbonyl (C=O) groups is 2. The van der Waals surface area contributed by atoms with E-state index in [1.807, 2.05) is 6.92 Å². The summed E-state index contributed by atoms with van der Waals surface area (Å²) in [5.41, 5.74) is 0. The van der Waals surface area contributed by atoms with Crippen molar-refractivity contribution in [2.75, 3.05) is 6.54 Å². The lowest BCUT2D eigenvalue weighted by molar-refractivity contribution is -0.138. The number of amides is 2. The van der Waals surface area contributed by atoms with Crippen molar-refractivity contribution in [1.82, 2.24) is 10.6 Å². The Bertz CT molecular complexity index is 299. The largest absolute Gasteiger partial charge is 0.481 e. The molecule has 1 fully saturated rings. The molecule has 1 rings (SSSR count). The molecule has 0 saturated heterocycles. The Kier molecular flexibility index (Phi) is 6.67. The monoisotopic (exact) mass is 270 g/mol. The summed E-state index contributed by atoms with van der Waals surface area (Å²) in [6.07, 6.45) is 5.29. The third-order valence-electron chi connectivity index (χ3n) is 3.94. The van der Waals surface area contributed by atoms with Crippen LogP contribution in [0.4, 0.5) is 4.79 Å². The Labute approximate surface area is 115 Å². The zero-order valence-electron chi connectivity index (χ0n) is 11.9. The summed E-state index contributed by atoms with van der Waals surface area (Å²) in [4.78, 5) is 22.4. The molecule has 1 saturated carbocycles. The van der Waals surface area contributed by atoms with Gasteiger partial charge in [-0.1, -0.05) is 20.3 Å². The van der Waals surface area contributed by atoms with E-state index in [1.165, 1.54) is 12.8 Å². The van der Waals surface area contributed by atoms with Gasteiger partial charge >= 0.3 is 12.0 Å². The van der Waals surface area contributed by atoms with Gasteiger partial charge in [0.15, 0.2) is 0 Å². The molecule has 0 aromatic carbocycles. The highest BCUT2D eigenvalue weighted by Crippen LogP contribution is 2.23. The predicted molar refractivity (Wildman–Crippen MR) is 74.0 cm³/mol. The van der Waals surface area contributed by atoms with E-state index in [4.69, 9.17) is 5.11 Å². The van der Waals surface area contributed by atoms with E-state index in [1.54, 1.807) is 0 Å². The Morgan fingerprint density at radius 1 is 1.26 bits per heavy atom. The van der Waals surface area contributed by atoms with Crippen molar-refractivity contribution in [3.63, 3.8) is 0 Å². The number of hydrogen-bond donors (Lipinski definition) is 3. The first-order valence-corrected chi connectivity index (χ1v) is 7.27. The number of carboxylic acids is 1. The van der Waals surface area contributed by atoms with E-state index >= 15 is 0 Å². The highest BCUT2D eigenvalue weighted by molar-refractivity contribution is 5.74. The first-order chi connectivity index (χ1) is 9.01. The van der Waals surface area contributed by atoms with Crippen LogP contribution >= 0.6 is 0 Å². The van der Waals surface area contributed by atoms with Crippen LogP contribution in [0.3, 0.4) is 0 Å². The molecule has 1 aliphatic rings. The van der Waals surface area contributed by atoms with Crippen LogP contribution in [-0.4, -0.2) is 29.7 Å². The van der Waals surface area contributed by atoms with Gasteiger partial charge in [0.2, 0.25) is 0 Å². The van der Waals surface area contributed by atoms with Crippen LogP contribution in [0.5, 0.6) is 0 Å². The first-order valence-electron chi connectivity index (χ1n) is 7.27. The molecule has 5 heteroatoms. The maximum Gasteiger partial charge on any atom is 0.315 e. The third kappa shape index (κ3) is 6.45. The summed E-state index contributed by atoms with van der Waals surface area (Å²) in [6.45, 7) is 4.61. The molecular formula is C14H26N2O3. The van der Waals surface area contributed by atoms with Crippen molar-refractivity contribution in [3.8, 4) is 0 Å². The molecule has 110 valence electrons. The summed E-state index contributed by atoms with van der Waals surface area (Å²) in [7, 11) is 0. The molecule has 0 aliphatic heterocycles. The standard InChI is InChI=1S/C14H26N2O3/c1-3-11(8-13(17)18)9-15-14(19)16-12-6-4-10(2)5-7-12/h10-12H,3-9H2,1-2H3,(H,17,18)(H2,15,16,19). The second-order valence-electron chi connectivity index (χ2n) is 5.68. The number of carbonyl (C=O) groups excluding carboxylic acids is 1. The Morgan fingerprint density at radius 2 is 1.89 bits per heavy atom. The second-order valence-corrected chi connectivity index (χ2v) is 5.68. The summed E-state index contributed by atoms with van der Waals surface area (Å²) >= 11 is 0. The molecule has 0 aromatic heterocycles. The van der Waals surface area contributed by atoms with E-state index in [0.29, 0.717) is 6.54 Å². The number of carboxylic acid groups (broad SMARTS) is 1. The molecule has 0 heterocycles. The summed E-state index contributed by atoms with van der Waals surface area (Å²) in [6, 6.07) is 0.110. The molecule has 19 heavy (non-hydrogen) atoms. The van der Waals surface area contributed by atoms with Gasteiger partial charge < -0.3 is 15.7 Å². The zero-order chi connectivity index (χ0) is 14.3. The molecule has 5 nitrogen and oxygen atoms in total. The van der Waals surface area contributed by atoms with Gasteiger partial charge in [-0.05, 0) is 37.5 Å². The van der Waals surface area contributed by atoms with Crippen LogP contribution in [0.2, 0.25) is 0 Å². The van der Waals surface area contributed by atoms with Gasteiger partial charge in [-0.3, -0.25) is 4.79 Å². The predicted octanol–water partition coefficient (Wildman–Crippen LogP) is 2.37. The van der Waals surface area contributed by atoms with Gasteiger partial charge in [-0.25, -0.2) is 4.79 Å². The SMILES string of the molecule is CCC(CNC(=O)NC1CCC(C)CC1)CC(=O)O. The van der Waals surface area contributed by atoms with Gasteiger partial charge in [0, 0.05) is 19.0 Å². The van der Waals surface area contributed by atoms with E-state index in [0.717, 1.165) is 25.2 Å². The molecule has 0 bridgehead atoms. The van der Waals surface area contributed by atoms with Crippen LogP contribution in [0, 0.1) is 11.8 Å². The van der Waals surface area contributed by atoms with Crippen molar-refractivity contribution in [2.45, 2.75) is 58.4 Å². The fourth-order valence-electron chi connectivity index (χ4n) is 2.49. The van der Waals surface area contributed by atoms with Crippen LogP contribution < -0.4 is 10.6 Å².